The summed E-state index contributed by atoms with van der Waals surface area (Å²) in [5, 5.41) is 6.65. The molecule has 2 N–H and O–H groups in total. The van der Waals surface area contributed by atoms with Crippen LogP contribution in [0.25, 0.3) is 0 Å². The highest BCUT2D eigenvalue weighted by Gasteiger charge is 2.06. The van der Waals surface area contributed by atoms with E-state index in [4.69, 9.17) is 9.47 Å². The van der Waals surface area contributed by atoms with Crippen LogP contribution < -0.4 is 20.1 Å². The van der Waals surface area contributed by atoms with Gasteiger partial charge in [-0.15, -0.1) is 24.0 Å². The second-order valence-electron chi connectivity index (χ2n) is 7.46. The fourth-order valence-corrected chi connectivity index (χ4v) is 2.93. The molecule has 0 aliphatic carbocycles. The normalized spacial score (nSPS) is 10.7. The Kier molecular flexibility index (Phi) is 12.5. The molecule has 0 fully saturated rings. The molecule has 0 aromatic heterocycles. The summed E-state index contributed by atoms with van der Waals surface area (Å²) in [5.41, 5.74) is 3.49. The van der Waals surface area contributed by atoms with Gasteiger partial charge in [-0.2, -0.15) is 0 Å². The third-order valence-corrected chi connectivity index (χ3v) is 4.91. The smallest absolute Gasteiger partial charge is 0.243 e. The molecule has 0 spiro atoms. The van der Waals surface area contributed by atoms with Gasteiger partial charge in [0.25, 0.3) is 0 Å². The van der Waals surface area contributed by atoms with Gasteiger partial charge in [-0.1, -0.05) is 24.3 Å². The summed E-state index contributed by atoms with van der Waals surface area (Å²) in [6.07, 6.45) is 1.65. The van der Waals surface area contributed by atoms with Crippen molar-refractivity contribution >= 4 is 35.8 Å². The van der Waals surface area contributed by atoms with Gasteiger partial charge in [0.1, 0.15) is 18.0 Å². The van der Waals surface area contributed by atoms with E-state index in [9.17, 15) is 4.79 Å². The first-order valence-electron chi connectivity index (χ1n) is 10.4. The van der Waals surface area contributed by atoms with Gasteiger partial charge in [0, 0.05) is 27.2 Å². The van der Waals surface area contributed by atoms with Crippen LogP contribution >= 0.6 is 24.0 Å². The number of ether oxygens (including phenoxy) is 2. The number of carbonyl (C=O) groups excluding carboxylic acids is 1. The standard InChI is InChI=1S/C24H34N4O3.HI/c1-18-6-7-20(16-22(18)31-5)13-15-26-24(27-17-23(29)28(2)3)25-14-12-19-8-10-21(30-4)11-9-19;/h6-11,16H,12-15,17H2,1-5H3,(H2,25,26,27);1H. The summed E-state index contributed by atoms with van der Waals surface area (Å²) >= 11 is 0. The van der Waals surface area contributed by atoms with E-state index in [0.717, 1.165) is 29.9 Å². The van der Waals surface area contributed by atoms with Gasteiger partial charge in [0.05, 0.1) is 14.2 Å². The zero-order valence-electron chi connectivity index (χ0n) is 19.6. The molecule has 0 heterocycles. The number of carbonyl (C=O) groups is 1. The molecule has 2 aromatic rings. The van der Waals surface area contributed by atoms with Gasteiger partial charge < -0.3 is 25.0 Å². The van der Waals surface area contributed by atoms with Crippen molar-refractivity contribution in [3.63, 3.8) is 0 Å². The first-order valence-corrected chi connectivity index (χ1v) is 10.4. The maximum Gasteiger partial charge on any atom is 0.243 e. The lowest BCUT2D eigenvalue weighted by molar-refractivity contribution is -0.127. The molecule has 0 unspecified atom stereocenters. The van der Waals surface area contributed by atoms with E-state index in [1.54, 1.807) is 28.3 Å². The highest BCUT2D eigenvalue weighted by molar-refractivity contribution is 14.0. The highest BCUT2D eigenvalue weighted by atomic mass is 127. The Bertz CT molecular complexity index is 870. The molecule has 2 rings (SSSR count). The van der Waals surface area contributed by atoms with Gasteiger partial charge >= 0.3 is 0 Å². The Morgan fingerprint density at radius 1 is 0.938 bits per heavy atom. The quantitative estimate of drug-likeness (QED) is 0.269. The first kappa shape index (κ1) is 27.5. The lowest BCUT2D eigenvalue weighted by atomic mass is 10.1. The number of halogens is 1. The molecular formula is C24H35IN4O3. The Hall–Kier alpha value is -2.49. The zero-order chi connectivity index (χ0) is 22.6. The average molecular weight is 554 g/mol. The predicted octanol–water partition coefficient (Wildman–Crippen LogP) is 3.04. The molecule has 8 heteroatoms. The molecule has 176 valence electrons. The van der Waals surface area contributed by atoms with Crippen LogP contribution in [0.4, 0.5) is 0 Å². The van der Waals surface area contributed by atoms with E-state index in [1.165, 1.54) is 16.0 Å². The van der Waals surface area contributed by atoms with Crippen molar-refractivity contribution in [2.45, 2.75) is 19.8 Å². The van der Waals surface area contributed by atoms with Crippen LogP contribution in [0.2, 0.25) is 0 Å². The number of nitrogens with zero attached hydrogens (tertiary/aromatic N) is 2. The number of methoxy groups -OCH3 is 2. The Labute approximate surface area is 208 Å². The minimum atomic E-state index is -0.0421. The van der Waals surface area contributed by atoms with Crippen molar-refractivity contribution in [1.82, 2.24) is 15.5 Å². The third kappa shape index (κ3) is 9.33. The summed E-state index contributed by atoms with van der Waals surface area (Å²) < 4.78 is 10.6. The molecule has 32 heavy (non-hydrogen) atoms. The topological polar surface area (TPSA) is 75.2 Å². The largest absolute Gasteiger partial charge is 0.497 e. The monoisotopic (exact) mass is 554 g/mol. The van der Waals surface area contributed by atoms with Crippen molar-refractivity contribution < 1.29 is 14.3 Å². The molecule has 0 aliphatic heterocycles. The van der Waals surface area contributed by atoms with Crippen LogP contribution in [0.1, 0.15) is 16.7 Å². The second kappa shape index (κ2) is 14.5. The lowest BCUT2D eigenvalue weighted by Gasteiger charge is -2.14. The van der Waals surface area contributed by atoms with Crippen molar-refractivity contribution in [3.8, 4) is 11.5 Å². The molecule has 0 saturated carbocycles. The number of guanidine groups is 1. The number of hydrogen-bond acceptors (Lipinski definition) is 4. The Morgan fingerprint density at radius 2 is 1.53 bits per heavy atom. The maximum absolute atomic E-state index is 11.9. The van der Waals surface area contributed by atoms with Gasteiger partial charge in [-0.3, -0.25) is 4.79 Å². The molecular weight excluding hydrogens is 519 g/mol. The average Bonchev–Trinajstić information content (AvgIpc) is 2.78. The number of nitrogens with one attached hydrogen (secondary N) is 2. The minimum absolute atomic E-state index is 0. The first-order chi connectivity index (χ1) is 14.9. The number of rotatable bonds is 10. The van der Waals surface area contributed by atoms with Crippen LogP contribution in [0.5, 0.6) is 11.5 Å². The van der Waals surface area contributed by atoms with Crippen molar-refractivity contribution in [2.75, 3.05) is 47.9 Å². The Morgan fingerprint density at radius 3 is 2.09 bits per heavy atom. The molecule has 0 atom stereocenters. The van der Waals surface area contributed by atoms with Crippen LogP contribution in [0, 0.1) is 6.92 Å². The lowest BCUT2D eigenvalue weighted by Crippen LogP contribution is -2.40. The number of aliphatic imine (C=N–C) groups is 1. The van der Waals surface area contributed by atoms with Crippen LogP contribution in [-0.2, 0) is 17.6 Å². The number of benzene rings is 2. The van der Waals surface area contributed by atoms with E-state index in [1.807, 2.05) is 31.2 Å². The van der Waals surface area contributed by atoms with Crippen molar-refractivity contribution in [3.05, 3.63) is 59.2 Å². The van der Waals surface area contributed by atoms with Crippen LogP contribution in [-0.4, -0.2) is 64.7 Å². The van der Waals surface area contributed by atoms with Crippen molar-refractivity contribution in [1.29, 1.82) is 0 Å². The summed E-state index contributed by atoms with van der Waals surface area (Å²) in [4.78, 5) is 17.9. The van der Waals surface area contributed by atoms with Gasteiger partial charge in [0.15, 0.2) is 5.96 Å². The molecule has 7 nitrogen and oxygen atoms in total. The third-order valence-electron chi connectivity index (χ3n) is 4.91. The number of hydrogen-bond donors (Lipinski definition) is 2. The number of likely N-dealkylation sites (N-methyl/N-ethyl adjacent to an activating group) is 1. The van der Waals surface area contributed by atoms with E-state index in [2.05, 4.69) is 33.8 Å². The predicted molar refractivity (Wildman–Crippen MR) is 141 cm³/mol. The van der Waals surface area contributed by atoms with E-state index in [0.29, 0.717) is 19.0 Å². The summed E-state index contributed by atoms with van der Waals surface area (Å²) in [6, 6.07) is 14.2. The number of aryl methyl sites for hydroxylation is 1. The maximum atomic E-state index is 11.9. The second-order valence-corrected chi connectivity index (χ2v) is 7.46. The SMILES string of the molecule is COc1ccc(CCNC(=NCC(=O)N(C)C)NCCc2ccc(C)c(OC)c2)cc1.I. The fraction of sp³-hybridized carbons (Fsp3) is 0.417. The van der Waals surface area contributed by atoms with E-state index < -0.39 is 0 Å². The highest BCUT2D eigenvalue weighted by Crippen LogP contribution is 2.19. The molecule has 0 radical (unpaired) electrons. The van der Waals surface area contributed by atoms with Crippen LogP contribution in [0.15, 0.2) is 47.5 Å². The molecule has 1 amide bonds. The summed E-state index contributed by atoms with van der Waals surface area (Å²) in [7, 11) is 6.80. The van der Waals surface area contributed by atoms with Gasteiger partial charge in [0.2, 0.25) is 5.91 Å². The zero-order valence-corrected chi connectivity index (χ0v) is 21.9. The molecule has 0 bridgehead atoms. The van der Waals surface area contributed by atoms with E-state index >= 15 is 0 Å². The number of amides is 1. The van der Waals surface area contributed by atoms with Gasteiger partial charge in [-0.25, -0.2) is 4.99 Å². The summed E-state index contributed by atoms with van der Waals surface area (Å²) in [5.74, 6) is 2.32. The fourth-order valence-electron chi connectivity index (χ4n) is 2.93. The van der Waals surface area contributed by atoms with Crippen molar-refractivity contribution in [2.24, 2.45) is 4.99 Å². The Balaban J connectivity index is 0.00000512. The van der Waals surface area contributed by atoms with E-state index in [-0.39, 0.29) is 36.4 Å². The molecule has 0 aliphatic rings. The minimum Gasteiger partial charge on any atom is -0.497 e. The van der Waals surface area contributed by atoms with Gasteiger partial charge in [-0.05, 0) is 54.7 Å². The van der Waals surface area contributed by atoms with Crippen LogP contribution in [0.3, 0.4) is 0 Å². The molecule has 2 aromatic carbocycles. The molecule has 0 saturated heterocycles. The summed E-state index contributed by atoms with van der Waals surface area (Å²) in [6.45, 7) is 3.52.